The second-order valence-corrected chi connectivity index (χ2v) is 8.54. The standard InChI is InChI=1S/C24H20Cl2N2O6/c25-18-6-7-19(28(33)23(30)24(31)32)21(26)22(18)34-17-5-8-20(29)16(11-17)13-27-10-9-14-3-1-2-4-15(14)12-27/h1-8,11,29,33H,9-10,12-13H2,(H,31,32). The second kappa shape index (κ2) is 9.90. The number of benzene rings is 3. The highest BCUT2D eigenvalue weighted by molar-refractivity contribution is 6.41. The number of aliphatic carboxylic acids is 1. The number of rotatable bonds is 5. The SMILES string of the molecule is O=C(O)C(=O)N(O)c1ccc(Cl)c(Oc2ccc(O)c(CN3CCc4ccccc4C3)c2)c1Cl. The first-order valence-corrected chi connectivity index (χ1v) is 11.0. The van der Waals surface area contributed by atoms with Crippen LogP contribution in [0.25, 0.3) is 0 Å². The number of ether oxygens (including phenoxy) is 1. The fourth-order valence-electron chi connectivity index (χ4n) is 3.78. The van der Waals surface area contributed by atoms with Crippen LogP contribution in [-0.4, -0.2) is 38.7 Å². The average Bonchev–Trinajstić information content (AvgIpc) is 2.82. The molecule has 4 rings (SSSR count). The van der Waals surface area contributed by atoms with Crippen LogP contribution in [0.2, 0.25) is 10.0 Å². The number of hydrogen-bond acceptors (Lipinski definition) is 6. The van der Waals surface area contributed by atoms with Crippen molar-refractivity contribution in [3.63, 3.8) is 0 Å². The van der Waals surface area contributed by atoms with Gasteiger partial charge in [0.15, 0.2) is 5.75 Å². The number of carbonyl (C=O) groups is 2. The molecule has 1 heterocycles. The summed E-state index contributed by atoms with van der Waals surface area (Å²) in [5.74, 6) is -3.13. The van der Waals surface area contributed by atoms with Gasteiger partial charge < -0.3 is 14.9 Å². The van der Waals surface area contributed by atoms with Crippen molar-refractivity contribution in [2.75, 3.05) is 11.6 Å². The molecular weight excluding hydrogens is 483 g/mol. The quantitative estimate of drug-likeness (QED) is 0.259. The first kappa shape index (κ1) is 23.8. The van der Waals surface area contributed by atoms with Crippen molar-refractivity contribution in [2.45, 2.75) is 19.5 Å². The molecule has 10 heteroatoms. The molecule has 3 aromatic rings. The third-order valence-corrected chi connectivity index (χ3v) is 6.17. The summed E-state index contributed by atoms with van der Waals surface area (Å²) < 4.78 is 5.82. The summed E-state index contributed by atoms with van der Waals surface area (Å²) in [5, 5.41) is 28.9. The molecule has 3 aromatic carbocycles. The summed E-state index contributed by atoms with van der Waals surface area (Å²) in [4.78, 5) is 24.7. The Morgan fingerprint density at radius 1 is 1.06 bits per heavy atom. The van der Waals surface area contributed by atoms with E-state index in [1.165, 1.54) is 35.4 Å². The van der Waals surface area contributed by atoms with Gasteiger partial charge in [0.1, 0.15) is 16.5 Å². The summed E-state index contributed by atoms with van der Waals surface area (Å²) in [6.45, 7) is 2.08. The van der Waals surface area contributed by atoms with Gasteiger partial charge >= 0.3 is 11.9 Å². The Hall–Kier alpha value is -3.30. The lowest BCUT2D eigenvalue weighted by molar-refractivity contribution is -0.151. The maximum atomic E-state index is 11.6. The third-order valence-electron chi connectivity index (χ3n) is 5.51. The predicted octanol–water partition coefficient (Wildman–Crippen LogP) is 4.86. The number of hydroxylamine groups is 1. The highest BCUT2D eigenvalue weighted by Crippen LogP contribution is 2.42. The Balaban J connectivity index is 1.56. The number of carbonyl (C=O) groups excluding carboxylic acids is 1. The fourth-order valence-corrected chi connectivity index (χ4v) is 4.31. The second-order valence-electron chi connectivity index (χ2n) is 7.75. The van der Waals surface area contributed by atoms with Crippen molar-refractivity contribution in [1.82, 2.24) is 4.90 Å². The molecule has 1 aliphatic rings. The Kier molecular flexibility index (Phi) is 6.95. The minimum absolute atomic E-state index is 0.0761. The smallest absolute Gasteiger partial charge is 0.397 e. The van der Waals surface area contributed by atoms with Gasteiger partial charge in [0.2, 0.25) is 0 Å². The topological polar surface area (TPSA) is 111 Å². The van der Waals surface area contributed by atoms with Crippen LogP contribution in [0.4, 0.5) is 5.69 Å². The Bertz CT molecular complexity index is 1270. The molecule has 0 unspecified atom stereocenters. The van der Waals surface area contributed by atoms with Crippen LogP contribution in [-0.2, 0) is 29.1 Å². The van der Waals surface area contributed by atoms with Crippen LogP contribution in [0.15, 0.2) is 54.6 Å². The molecule has 0 saturated carbocycles. The van der Waals surface area contributed by atoms with E-state index in [9.17, 15) is 19.9 Å². The zero-order valence-electron chi connectivity index (χ0n) is 17.7. The average molecular weight is 503 g/mol. The van der Waals surface area contributed by atoms with E-state index >= 15 is 0 Å². The predicted molar refractivity (Wildman–Crippen MR) is 126 cm³/mol. The van der Waals surface area contributed by atoms with E-state index in [-0.39, 0.29) is 32.3 Å². The number of halogens is 2. The first-order chi connectivity index (χ1) is 16.2. The molecule has 3 N–H and O–H groups in total. The molecule has 8 nitrogen and oxygen atoms in total. The number of anilines is 1. The highest BCUT2D eigenvalue weighted by Gasteiger charge is 2.26. The van der Waals surface area contributed by atoms with Crippen molar-refractivity contribution in [3.8, 4) is 17.2 Å². The van der Waals surface area contributed by atoms with Gasteiger partial charge in [0.25, 0.3) is 0 Å². The van der Waals surface area contributed by atoms with Gasteiger partial charge in [0, 0.05) is 25.2 Å². The minimum atomic E-state index is -1.86. The van der Waals surface area contributed by atoms with Crippen LogP contribution < -0.4 is 9.80 Å². The summed E-state index contributed by atoms with van der Waals surface area (Å²) >= 11 is 12.5. The molecule has 0 bridgehead atoms. The van der Waals surface area contributed by atoms with Gasteiger partial charge in [-0.3, -0.25) is 14.9 Å². The molecule has 1 amide bonds. The number of nitrogens with zero attached hydrogens (tertiary/aromatic N) is 2. The lowest BCUT2D eigenvalue weighted by Crippen LogP contribution is -2.33. The van der Waals surface area contributed by atoms with E-state index in [0.29, 0.717) is 17.9 Å². The van der Waals surface area contributed by atoms with E-state index in [2.05, 4.69) is 17.0 Å². The summed E-state index contributed by atoms with van der Waals surface area (Å²) in [5.41, 5.74) is 2.90. The highest BCUT2D eigenvalue weighted by atomic mass is 35.5. The van der Waals surface area contributed by atoms with Gasteiger partial charge in [0.05, 0.1) is 10.7 Å². The molecule has 0 aromatic heterocycles. The molecule has 0 aliphatic carbocycles. The van der Waals surface area contributed by atoms with Gasteiger partial charge in [-0.05, 0) is 47.9 Å². The lowest BCUT2D eigenvalue weighted by atomic mass is 9.99. The van der Waals surface area contributed by atoms with Crippen LogP contribution >= 0.6 is 23.2 Å². The lowest BCUT2D eigenvalue weighted by Gasteiger charge is -2.29. The van der Waals surface area contributed by atoms with E-state index in [0.717, 1.165) is 19.5 Å². The minimum Gasteiger partial charge on any atom is -0.508 e. The maximum absolute atomic E-state index is 11.6. The van der Waals surface area contributed by atoms with Crippen LogP contribution in [0.3, 0.4) is 0 Å². The van der Waals surface area contributed by atoms with Crippen molar-refractivity contribution in [1.29, 1.82) is 0 Å². The molecular formula is C24H20Cl2N2O6. The van der Waals surface area contributed by atoms with Crippen LogP contribution in [0, 0.1) is 0 Å². The zero-order chi connectivity index (χ0) is 24.4. The molecule has 0 atom stereocenters. The van der Waals surface area contributed by atoms with Gasteiger partial charge in [-0.1, -0.05) is 47.5 Å². The summed E-state index contributed by atoms with van der Waals surface area (Å²) in [6.07, 6.45) is 0.915. The Morgan fingerprint density at radius 2 is 1.79 bits per heavy atom. The van der Waals surface area contributed by atoms with Gasteiger partial charge in [-0.15, -0.1) is 0 Å². The van der Waals surface area contributed by atoms with Crippen LogP contribution in [0.5, 0.6) is 17.2 Å². The van der Waals surface area contributed by atoms with Gasteiger partial charge in [-0.2, -0.15) is 5.06 Å². The van der Waals surface area contributed by atoms with E-state index in [1.807, 2.05) is 12.1 Å². The monoisotopic (exact) mass is 502 g/mol. The number of fused-ring (bicyclic) bond motifs is 1. The third kappa shape index (κ3) is 4.95. The van der Waals surface area contributed by atoms with Gasteiger partial charge in [-0.25, -0.2) is 4.79 Å². The van der Waals surface area contributed by atoms with Crippen molar-refractivity contribution >= 4 is 40.8 Å². The normalized spacial score (nSPS) is 13.3. The summed E-state index contributed by atoms with van der Waals surface area (Å²) in [6, 6.07) is 15.4. The number of carboxylic acids is 1. The number of phenols is 1. The van der Waals surface area contributed by atoms with Crippen molar-refractivity contribution in [2.24, 2.45) is 0 Å². The molecule has 34 heavy (non-hydrogen) atoms. The number of hydrogen-bond donors (Lipinski definition) is 3. The zero-order valence-corrected chi connectivity index (χ0v) is 19.3. The molecule has 176 valence electrons. The Labute approximate surface area is 205 Å². The molecule has 0 fully saturated rings. The molecule has 0 saturated heterocycles. The largest absolute Gasteiger partial charge is 0.508 e. The van der Waals surface area contributed by atoms with E-state index in [4.69, 9.17) is 33.0 Å². The van der Waals surface area contributed by atoms with Crippen molar-refractivity contribution in [3.05, 3.63) is 81.3 Å². The number of phenolic OH excluding ortho intramolecular Hbond substituents is 1. The maximum Gasteiger partial charge on any atom is 0.397 e. The van der Waals surface area contributed by atoms with E-state index in [1.54, 1.807) is 6.07 Å². The molecule has 0 radical (unpaired) electrons. The Morgan fingerprint density at radius 3 is 2.53 bits per heavy atom. The number of carboxylic acid groups (broad SMARTS) is 1. The van der Waals surface area contributed by atoms with E-state index < -0.39 is 11.9 Å². The molecule has 0 spiro atoms. The number of aromatic hydroxyl groups is 1. The molecule has 1 aliphatic heterocycles. The number of amides is 1. The fraction of sp³-hybridized carbons (Fsp3) is 0.167. The van der Waals surface area contributed by atoms with Crippen LogP contribution in [0.1, 0.15) is 16.7 Å². The summed E-state index contributed by atoms with van der Waals surface area (Å²) in [7, 11) is 0. The van der Waals surface area contributed by atoms with Crippen molar-refractivity contribution < 1.29 is 29.7 Å². The first-order valence-electron chi connectivity index (χ1n) is 10.3.